The summed E-state index contributed by atoms with van der Waals surface area (Å²) in [5.41, 5.74) is 0. The number of carbonyl (C=O) groups is 1. The monoisotopic (exact) mass is 211 g/mol. The number of amides is 1. The minimum Gasteiger partial charge on any atom is -0.444 e. The van der Waals surface area contributed by atoms with Gasteiger partial charge in [0.1, 0.15) is 6.10 Å². The van der Waals surface area contributed by atoms with Crippen molar-refractivity contribution in [3.8, 4) is 0 Å². The number of cyclic esters (lactones) is 1. The Bertz CT molecular complexity index is 224. The Morgan fingerprint density at radius 3 is 2.73 bits per heavy atom. The van der Waals surface area contributed by atoms with Crippen molar-refractivity contribution in [3.05, 3.63) is 0 Å². The molecule has 1 aliphatic carbocycles. The first-order valence-corrected chi connectivity index (χ1v) is 6.28. The third kappa shape index (κ3) is 2.44. The van der Waals surface area contributed by atoms with Crippen LogP contribution in [0, 0.1) is 0 Å². The second kappa shape index (κ2) is 4.86. The van der Waals surface area contributed by atoms with E-state index in [0.29, 0.717) is 6.04 Å². The number of rotatable bonds is 3. The van der Waals surface area contributed by atoms with Crippen molar-refractivity contribution >= 4 is 6.09 Å². The Hall–Kier alpha value is -0.730. The van der Waals surface area contributed by atoms with Gasteiger partial charge >= 0.3 is 6.09 Å². The maximum atomic E-state index is 11.7. The highest BCUT2D eigenvalue weighted by atomic mass is 16.6. The van der Waals surface area contributed by atoms with E-state index in [1.807, 2.05) is 4.90 Å². The highest BCUT2D eigenvalue weighted by molar-refractivity contribution is 5.70. The Morgan fingerprint density at radius 1 is 1.33 bits per heavy atom. The van der Waals surface area contributed by atoms with E-state index < -0.39 is 0 Å². The molecule has 0 radical (unpaired) electrons. The topological polar surface area (TPSA) is 29.5 Å². The van der Waals surface area contributed by atoms with Gasteiger partial charge in [0.05, 0.1) is 6.54 Å². The number of ether oxygens (including phenoxy) is 1. The first-order chi connectivity index (χ1) is 7.31. The van der Waals surface area contributed by atoms with Crippen molar-refractivity contribution < 1.29 is 9.53 Å². The van der Waals surface area contributed by atoms with Crippen molar-refractivity contribution in [1.82, 2.24) is 4.90 Å². The summed E-state index contributed by atoms with van der Waals surface area (Å²) in [6.07, 6.45) is 8.41. The predicted octanol–water partition coefficient (Wildman–Crippen LogP) is 2.94. The van der Waals surface area contributed by atoms with Crippen LogP contribution in [0.4, 0.5) is 4.79 Å². The molecule has 2 aliphatic rings. The fraction of sp³-hybridized carbons (Fsp3) is 0.917. The zero-order valence-corrected chi connectivity index (χ0v) is 9.58. The number of nitrogens with zero attached hydrogens (tertiary/aromatic N) is 1. The standard InChI is InChI=1S/C12H21NO2/c1-2-6-11-9-13(12(14)15-11)10-7-4-3-5-8-10/h10-11H,2-9H2,1H3. The van der Waals surface area contributed by atoms with E-state index in [4.69, 9.17) is 4.74 Å². The molecule has 0 N–H and O–H groups in total. The number of hydrogen-bond donors (Lipinski definition) is 0. The van der Waals surface area contributed by atoms with Crippen LogP contribution in [0.1, 0.15) is 51.9 Å². The summed E-state index contributed by atoms with van der Waals surface area (Å²) in [4.78, 5) is 13.6. The third-order valence-electron chi connectivity index (χ3n) is 3.53. The highest BCUT2D eigenvalue weighted by Crippen LogP contribution is 2.27. The van der Waals surface area contributed by atoms with Gasteiger partial charge in [0, 0.05) is 6.04 Å². The van der Waals surface area contributed by atoms with Gasteiger partial charge in [-0.2, -0.15) is 0 Å². The Morgan fingerprint density at radius 2 is 2.07 bits per heavy atom. The Labute approximate surface area is 91.8 Å². The zero-order valence-electron chi connectivity index (χ0n) is 9.58. The fourth-order valence-corrected chi connectivity index (χ4v) is 2.70. The molecule has 15 heavy (non-hydrogen) atoms. The first kappa shape index (κ1) is 10.8. The van der Waals surface area contributed by atoms with E-state index in [1.54, 1.807) is 0 Å². The predicted molar refractivity (Wildman–Crippen MR) is 58.8 cm³/mol. The second-order valence-corrected chi connectivity index (χ2v) is 4.74. The van der Waals surface area contributed by atoms with Gasteiger partial charge in [0.25, 0.3) is 0 Å². The first-order valence-electron chi connectivity index (χ1n) is 6.28. The zero-order chi connectivity index (χ0) is 10.7. The lowest BCUT2D eigenvalue weighted by Crippen LogP contribution is -2.37. The smallest absolute Gasteiger partial charge is 0.410 e. The molecule has 3 nitrogen and oxygen atoms in total. The lowest BCUT2D eigenvalue weighted by atomic mass is 9.94. The van der Waals surface area contributed by atoms with Gasteiger partial charge in [-0.05, 0) is 19.3 Å². The fourth-order valence-electron chi connectivity index (χ4n) is 2.70. The molecule has 2 fully saturated rings. The molecule has 0 aromatic rings. The molecule has 0 aromatic carbocycles. The lowest BCUT2D eigenvalue weighted by molar-refractivity contribution is 0.121. The van der Waals surface area contributed by atoms with Crippen molar-refractivity contribution in [2.75, 3.05) is 6.54 Å². The van der Waals surface area contributed by atoms with Crippen molar-refractivity contribution in [2.45, 2.75) is 64.0 Å². The van der Waals surface area contributed by atoms with E-state index in [0.717, 1.165) is 19.4 Å². The molecule has 1 atom stereocenters. The third-order valence-corrected chi connectivity index (χ3v) is 3.53. The minimum absolute atomic E-state index is 0.0691. The summed E-state index contributed by atoms with van der Waals surface area (Å²) < 4.78 is 5.35. The molecule has 86 valence electrons. The molecule has 1 amide bonds. The molecule has 0 aromatic heterocycles. The van der Waals surface area contributed by atoms with E-state index in [-0.39, 0.29) is 12.2 Å². The molecule has 1 aliphatic heterocycles. The Balaban J connectivity index is 1.89. The van der Waals surface area contributed by atoms with Crippen LogP contribution in [-0.4, -0.2) is 29.7 Å². The molecule has 0 bridgehead atoms. The van der Waals surface area contributed by atoms with Gasteiger partial charge in [0.2, 0.25) is 0 Å². The maximum Gasteiger partial charge on any atom is 0.410 e. The van der Waals surface area contributed by atoms with Gasteiger partial charge < -0.3 is 9.64 Å². The average Bonchev–Trinajstić information content (AvgIpc) is 2.61. The van der Waals surface area contributed by atoms with E-state index in [1.165, 1.54) is 32.1 Å². The molecule has 1 unspecified atom stereocenters. The van der Waals surface area contributed by atoms with Gasteiger partial charge in [-0.3, -0.25) is 0 Å². The van der Waals surface area contributed by atoms with Crippen LogP contribution in [0.2, 0.25) is 0 Å². The van der Waals surface area contributed by atoms with Crippen LogP contribution in [0.5, 0.6) is 0 Å². The van der Waals surface area contributed by atoms with Gasteiger partial charge in [-0.1, -0.05) is 32.6 Å². The van der Waals surface area contributed by atoms with Crippen molar-refractivity contribution in [3.63, 3.8) is 0 Å². The normalized spacial score (nSPS) is 28.2. The van der Waals surface area contributed by atoms with Crippen molar-refractivity contribution in [1.29, 1.82) is 0 Å². The molecule has 3 heteroatoms. The molecule has 1 heterocycles. The summed E-state index contributed by atoms with van der Waals surface area (Å²) in [5.74, 6) is 0. The van der Waals surface area contributed by atoms with Gasteiger partial charge in [0.15, 0.2) is 0 Å². The van der Waals surface area contributed by atoms with Crippen LogP contribution >= 0.6 is 0 Å². The van der Waals surface area contributed by atoms with Crippen LogP contribution in [-0.2, 0) is 4.74 Å². The average molecular weight is 211 g/mol. The molecule has 0 spiro atoms. The van der Waals surface area contributed by atoms with E-state index in [9.17, 15) is 4.79 Å². The SMILES string of the molecule is CCCC1CN(C2CCCCC2)C(=O)O1. The largest absolute Gasteiger partial charge is 0.444 e. The van der Waals surface area contributed by atoms with Crippen molar-refractivity contribution in [2.24, 2.45) is 0 Å². The van der Waals surface area contributed by atoms with Crippen LogP contribution in [0.15, 0.2) is 0 Å². The molecular weight excluding hydrogens is 190 g/mol. The second-order valence-electron chi connectivity index (χ2n) is 4.74. The summed E-state index contributed by atoms with van der Waals surface area (Å²) in [5, 5.41) is 0. The quantitative estimate of drug-likeness (QED) is 0.718. The molecular formula is C12H21NO2. The molecule has 1 saturated carbocycles. The van der Waals surface area contributed by atoms with E-state index in [2.05, 4.69) is 6.92 Å². The highest BCUT2D eigenvalue weighted by Gasteiger charge is 2.35. The molecule has 2 rings (SSSR count). The summed E-state index contributed by atoms with van der Waals surface area (Å²) in [6.45, 7) is 2.97. The number of carbonyl (C=O) groups excluding carboxylic acids is 1. The van der Waals surface area contributed by atoms with Crippen LogP contribution < -0.4 is 0 Å². The van der Waals surface area contributed by atoms with Gasteiger partial charge in [-0.15, -0.1) is 0 Å². The van der Waals surface area contributed by atoms with Crippen LogP contribution in [0.3, 0.4) is 0 Å². The molecule has 1 saturated heterocycles. The number of hydrogen-bond acceptors (Lipinski definition) is 2. The van der Waals surface area contributed by atoms with Gasteiger partial charge in [-0.25, -0.2) is 4.79 Å². The summed E-state index contributed by atoms with van der Waals surface area (Å²) >= 11 is 0. The Kier molecular flexibility index (Phi) is 3.49. The van der Waals surface area contributed by atoms with E-state index >= 15 is 0 Å². The summed E-state index contributed by atoms with van der Waals surface area (Å²) in [7, 11) is 0. The minimum atomic E-state index is -0.0691. The maximum absolute atomic E-state index is 11.7. The summed E-state index contributed by atoms with van der Waals surface area (Å²) in [6, 6.07) is 0.466. The lowest BCUT2D eigenvalue weighted by Gasteiger charge is -2.28. The van der Waals surface area contributed by atoms with Crippen LogP contribution in [0.25, 0.3) is 0 Å².